The van der Waals surface area contributed by atoms with Crippen molar-refractivity contribution >= 4 is 38.8 Å². The number of amides is 1. The van der Waals surface area contributed by atoms with Crippen molar-refractivity contribution < 1.29 is 4.79 Å². The molecule has 3 heterocycles. The molecule has 1 aromatic carbocycles. The maximum atomic E-state index is 12.4. The Bertz CT molecular complexity index is 978. The van der Waals surface area contributed by atoms with Crippen LogP contribution in [0.5, 0.6) is 0 Å². The van der Waals surface area contributed by atoms with Crippen LogP contribution in [0, 0.1) is 0 Å². The summed E-state index contributed by atoms with van der Waals surface area (Å²) in [6, 6.07) is 13.5. The molecule has 0 aliphatic rings. The summed E-state index contributed by atoms with van der Waals surface area (Å²) in [4.78, 5) is 22.2. The largest absolute Gasteiger partial charge is 0.348 e. The minimum atomic E-state index is -0.0909. The van der Waals surface area contributed by atoms with E-state index in [0.29, 0.717) is 12.1 Å². The second-order valence-electron chi connectivity index (χ2n) is 5.22. The van der Waals surface area contributed by atoms with Crippen LogP contribution in [-0.2, 0) is 6.54 Å². The van der Waals surface area contributed by atoms with E-state index in [2.05, 4.69) is 21.4 Å². The summed E-state index contributed by atoms with van der Waals surface area (Å²) in [6.07, 6.45) is 3.47. The molecule has 4 aromatic rings. The average molecular weight is 351 g/mol. The quantitative estimate of drug-likeness (QED) is 0.595. The zero-order valence-electron chi connectivity index (χ0n) is 12.6. The Morgan fingerprint density at radius 1 is 1.17 bits per heavy atom. The lowest BCUT2D eigenvalue weighted by molar-refractivity contribution is 0.0951. The number of fused-ring (bicyclic) bond motifs is 1. The number of hydrogen-bond acceptors (Lipinski definition) is 5. The predicted octanol–water partition coefficient (Wildman–Crippen LogP) is 4.35. The van der Waals surface area contributed by atoms with Crippen molar-refractivity contribution in [2.24, 2.45) is 0 Å². The van der Waals surface area contributed by atoms with Crippen molar-refractivity contribution in [2.45, 2.75) is 6.54 Å². The van der Waals surface area contributed by atoms with Gasteiger partial charge >= 0.3 is 0 Å². The third-order valence-electron chi connectivity index (χ3n) is 3.56. The zero-order valence-corrected chi connectivity index (χ0v) is 14.2. The minimum absolute atomic E-state index is 0.0909. The Morgan fingerprint density at radius 2 is 2.12 bits per heavy atom. The summed E-state index contributed by atoms with van der Waals surface area (Å²) in [5, 5.41) is 5.96. The molecule has 0 aliphatic carbocycles. The highest BCUT2D eigenvalue weighted by Gasteiger charge is 2.11. The molecule has 0 fully saturated rings. The number of hydrogen-bond donors (Lipinski definition) is 1. The van der Waals surface area contributed by atoms with E-state index in [0.717, 1.165) is 25.7 Å². The highest BCUT2D eigenvalue weighted by molar-refractivity contribution is 7.25. The highest BCUT2D eigenvalue weighted by atomic mass is 32.1. The zero-order chi connectivity index (χ0) is 16.4. The van der Waals surface area contributed by atoms with Crippen LogP contribution in [0.25, 0.3) is 20.1 Å². The molecule has 0 saturated heterocycles. The smallest absolute Gasteiger partial charge is 0.251 e. The van der Waals surface area contributed by atoms with E-state index < -0.39 is 0 Å². The molecule has 1 N–H and O–H groups in total. The number of nitrogens with one attached hydrogen (secondary N) is 1. The second kappa shape index (κ2) is 6.51. The van der Waals surface area contributed by atoms with Crippen molar-refractivity contribution in [3.05, 3.63) is 71.4 Å². The van der Waals surface area contributed by atoms with Crippen LogP contribution in [0.4, 0.5) is 0 Å². The van der Waals surface area contributed by atoms with Crippen LogP contribution in [0.1, 0.15) is 15.9 Å². The van der Waals surface area contributed by atoms with Gasteiger partial charge in [-0.3, -0.25) is 9.78 Å². The molecular formula is C18H13N3OS2. The predicted molar refractivity (Wildman–Crippen MR) is 98.3 cm³/mol. The monoisotopic (exact) mass is 351 g/mol. The van der Waals surface area contributed by atoms with Gasteiger partial charge < -0.3 is 5.32 Å². The fourth-order valence-corrected chi connectivity index (χ4v) is 4.16. The van der Waals surface area contributed by atoms with Crippen LogP contribution in [-0.4, -0.2) is 15.9 Å². The van der Waals surface area contributed by atoms with E-state index in [-0.39, 0.29) is 5.91 Å². The molecule has 118 valence electrons. The van der Waals surface area contributed by atoms with E-state index in [1.807, 2.05) is 41.8 Å². The first kappa shape index (κ1) is 15.0. The summed E-state index contributed by atoms with van der Waals surface area (Å²) < 4.78 is 1.02. The average Bonchev–Trinajstić information content (AvgIpc) is 3.28. The van der Waals surface area contributed by atoms with Gasteiger partial charge in [-0.15, -0.1) is 22.7 Å². The summed E-state index contributed by atoms with van der Waals surface area (Å²) in [6.45, 7) is 0.466. The molecule has 0 atom stereocenters. The molecule has 0 saturated carbocycles. The van der Waals surface area contributed by atoms with Crippen LogP contribution < -0.4 is 5.32 Å². The Labute approximate surface area is 146 Å². The minimum Gasteiger partial charge on any atom is -0.348 e. The maximum absolute atomic E-state index is 12.4. The first-order valence-electron chi connectivity index (χ1n) is 7.41. The first-order chi connectivity index (χ1) is 11.8. The summed E-state index contributed by atoms with van der Waals surface area (Å²) in [5.41, 5.74) is 2.55. The molecule has 0 unspecified atom stereocenters. The molecule has 0 radical (unpaired) electrons. The molecule has 4 nitrogen and oxygen atoms in total. The number of thiazole rings is 1. The summed E-state index contributed by atoms with van der Waals surface area (Å²) in [5.74, 6) is -0.0909. The number of nitrogens with zero attached hydrogens (tertiary/aromatic N) is 2. The van der Waals surface area contributed by atoms with E-state index >= 15 is 0 Å². The highest BCUT2D eigenvalue weighted by Crippen LogP contribution is 2.33. The van der Waals surface area contributed by atoms with Gasteiger partial charge in [0.15, 0.2) is 0 Å². The van der Waals surface area contributed by atoms with Gasteiger partial charge in [0.2, 0.25) is 0 Å². The van der Waals surface area contributed by atoms with Crippen molar-refractivity contribution in [1.82, 2.24) is 15.3 Å². The van der Waals surface area contributed by atoms with E-state index in [4.69, 9.17) is 0 Å². The molecule has 0 bridgehead atoms. The number of aromatic nitrogens is 2. The molecular weight excluding hydrogens is 338 g/mol. The van der Waals surface area contributed by atoms with Gasteiger partial charge in [-0.1, -0.05) is 12.1 Å². The van der Waals surface area contributed by atoms with Crippen LogP contribution in [0.2, 0.25) is 0 Å². The molecule has 6 heteroatoms. The Kier molecular flexibility index (Phi) is 4.06. The summed E-state index contributed by atoms with van der Waals surface area (Å²) in [7, 11) is 0. The molecule has 24 heavy (non-hydrogen) atoms. The topological polar surface area (TPSA) is 54.9 Å². The normalized spacial score (nSPS) is 10.8. The van der Waals surface area contributed by atoms with Crippen molar-refractivity contribution in [3.63, 3.8) is 0 Å². The molecule has 3 aromatic heterocycles. The lowest BCUT2D eigenvalue weighted by atomic mass is 10.2. The summed E-state index contributed by atoms with van der Waals surface area (Å²) >= 11 is 3.28. The number of thiophene rings is 1. The third-order valence-corrected chi connectivity index (χ3v) is 5.62. The number of rotatable bonds is 4. The van der Waals surface area contributed by atoms with Gasteiger partial charge in [0, 0.05) is 24.5 Å². The van der Waals surface area contributed by atoms with Crippen molar-refractivity contribution in [3.8, 4) is 9.88 Å². The van der Waals surface area contributed by atoms with Crippen LogP contribution >= 0.6 is 22.7 Å². The second-order valence-corrected chi connectivity index (χ2v) is 7.20. The van der Waals surface area contributed by atoms with Gasteiger partial charge in [-0.05, 0) is 41.3 Å². The van der Waals surface area contributed by atoms with Crippen LogP contribution in [0.3, 0.4) is 0 Å². The molecule has 0 spiro atoms. The van der Waals surface area contributed by atoms with E-state index in [1.165, 1.54) is 0 Å². The third kappa shape index (κ3) is 3.06. The van der Waals surface area contributed by atoms with Crippen molar-refractivity contribution in [2.75, 3.05) is 0 Å². The SMILES string of the molecule is O=C(NCc1cccnc1)c1ccc2nc(-c3cccs3)sc2c1. The Balaban J connectivity index is 1.55. The standard InChI is InChI=1S/C18H13N3OS2/c22-17(20-11-12-3-1-7-19-10-12)13-5-6-14-16(9-13)24-18(21-14)15-4-2-8-23-15/h1-10H,11H2,(H,20,22). The lowest BCUT2D eigenvalue weighted by Gasteiger charge is -2.04. The van der Waals surface area contributed by atoms with Crippen molar-refractivity contribution in [1.29, 1.82) is 0 Å². The van der Waals surface area contributed by atoms with Gasteiger partial charge in [0.25, 0.3) is 5.91 Å². The van der Waals surface area contributed by atoms with Gasteiger partial charge in [0.05, 0.1) is 15.1 Å². The fraction of sp³-hybridized carbons (Fsp3) is 0.0556. The number of carbonyl (C=O) groups is 1. The van der Waals surface area contributed by atoms with E-state index in [1.54, 1.807) is 35.1 Å². The van der Waals surface area contributed by atoms with E-state index in [9.17, 15) is 4.79 Å². The molecule has 4 rings (SSSR count). The number of carbonyl (C=O) groups excluding carboxylic acids is 1. The number of benzene rings is 1. The van der Waals surface area contributed by atoms with Gasteiger partial charge in [-0.25, -0.2) is 4.98 Å². The Morgan fingerprint density at radius 3 is 2.92 bits per heavy atom. The number of pyridine rings is 1. The van der Waals surface area contributed by atoms with Gasteiger partial charge in [0.1, 0.15) is 5.01 Å². The molecule has 0 aliphatic heterocycles. The van der Waals surface area contributed by atoms with Crippen LogP contribution in [0.15, 0.2) is 60.2 Å². The Hall–Kier alpha value is -2.57. The fourth-order valence-electron chi connectivity index (χ4n) is 2.36. The first-order valence-corrected chi connectivity index (χ1v) is 9.11. The van der Waals surface area contributed by atoms with Gasteiger partial charge in [-0.2, -0.15) is 0 Å². The molecule has 1 amide bonds. The maximum Gasteiger partial charge on any atom is 0.251 e. The lowest BCUT2D eigenvalue weighted by Crippen LogP contribution is -2.22.